The van der Waals surface area contributed by atoms with E-state index in [1.807, 2.05) is 41.4 Å². The summed E-state index contributed by atoms with van der Waals surface area (Å²) in [5.41, 5.74) is 2.99. The molecule has 2 aromatic carbocycles. The molecule has 2 aliphatic carbocycles. The normalized spacial score (nSPS) is 21.2. The molecule has 0 radical (unpaired) electrons. The van der Waals surface area contributed by atoms with Gasteiger partial charge in [-0.2, -0.15) is 10.3 Å². The Morgan fingerprint density at radius 2 is 1.56 bits per heavy atom. The average molecular weight is 555 g/mol. The van der Waals surface area contributed by atoms with Crippen LogP contribution in [-0.4, -0.2) is 56.5 Å². The number of nitrogens with one attached hydrogen (secondary N) is 1. The molecule has 1 aromatic heterocycles. The maximum atomic E-state index is 13.5. The van der Waals surface area contributed by atoms with Gasteiger partial charge in [-0.15, -0.1) is 10.2 Å². The maximum absolute atomic E-state index is 13.5. The minimum atomic E-state index is -0.0180. The number of tetrazole rings is 1. The summed E-state index contributed by atoms with van der Waals surface area (Å²) in [7, 11) is 0. The first-order valence-electron chi connectivity index (χ1n) is 15.0. The third kappa shape index (κ3) is 6.50. The molecular formula is C32H38N6O3. The smallest absolute Gasteiger partial charge is 0.247 e. The lowest BCUT2D eigenvalue weighted by molar-refractivity contribution is -0.140. The number of fused-ring (bicyclic) bond motifs is 1. The van der Waals surface area contributed by atoms with Gasteiger partial charge in [0, 0.05) is 17.0 Å². The van der Waals surface area contributed by atoms with Gasteiger partial charge in [-0.05, 0) is 80.1 Å². The van der Waals surface area contributed by atoms with E-state index in [1.54, 1.807) is 0 Å². The van der Waals surface area contributed by atoms with E-state index in [9.17, 15) is 4.79 Å². The maximum Gasteiger partial charge on any atom is 0.247 e. The fourth-order valence-corrected chi connectivity index (χ4v) is 6.15. The second-order valence-corrected chi connectivity index (χ2v) is 11.2. The van der Waals surface area contributed by atoms with Crippen molar-refractivity contribution in [2.24, 2.45) is 16.9 Å². The van der Waals surface area contributed by atoms with Crippen molar-refractivity contribution >= 4 is 11.6 Å². The Balaban J connectivity index is 1.04. The van der Waals surface area contributed by atoms with Crippen molar-refractivity contribution in [2.75, 3.05) is 13.2 Å². The van der Waals surface area contributed by atoms with Crippen molar-refractivity contribution in [1.82, 2.24) is 25.6 Å². The van der Waals surface area contributed by atoms with E-state index in [4.69, 9.17) is 14.6 Å². The van der Waals surface area contributed by atoms with Crippen LogP contribution in [0, 0.1) is 11.8 Å². The van der Waals surface area contributed by atoms with Gasteiger partial charge < -0.3 is 9.47 Å². The first-order chi connectivity index (χ1) is 20.3. The van der Waals surface area contributed by atoms with Gasteiger partial charge in [0.05, 0.1) is 30.9 Å². The number of nitrogens with zero attached hydrogens (tertiary/aromatic N) is 5. The quantitative estimate of drug-likeness (QED) is 0.188. The third-order valence-corrected chi connectivity index (χ3v) is 8.38. The standard InChI is InChI=1S/C32H38N6O3/c39-32-29-15-6-5-14-28(29)30(35-38(32)25-11-3-1-2-4-12-25)24-10-9-13-27(22-24)41-21-8-7-20-40-26-18-16-23(17-19-26)31-33-36-37-34-31/h5-6,9-10,13,16-19,22,25,28-29H,1-4,7-8,11-12,14-15,20-21H2,(H,33,34,36,37)/t28-,29+/m0/s1. The van der Waals surface area contributed by atoms with Gasteiger partial charge in [-0.1, -0.05) is 50.0 Å². The van der Waals surface area contributed by atoms with Crippen LogP contribution in [0.15, 0.2) is 65.8 Å². The number of carbonyl (C=O) groups is 1. The van der Waals surface area contributed by atoms with Gasteiger partial charge in [-0.3, -0.25) is 4.79 Å². The molecule has 0 spiro atoms. The van der Waals surface area contributed by atoms with Gasteiger partial charge in [0.25, 0.3) is 0 Å². The Bertz CT molecular complexity index is 1350. The molecule has 9 nitrogen and oxygen atoms in total. The topological polar surface area (TPSA) is 106 Å². The molecule has 9 heteroatoms. The first kappa shape index (κ1) is 27.2. The van der Waals surface area contributed by atoms with Crippen molar-refractivity contribution in [1.29, 1.82) is 0 Å². The molecular weight excluding hydrogens is 516 g/mol. The van der Waals surface area contributed by atoms with Crippen LogP contribution in [-0.2, 0) is 4.79 Å². The molecule has 2 atom stereocenters. The highest BCUT2D eigenvalue weighted by atomic mass is 16.5. The lowest BCUT2D eigenvalue weighted by atomic mass is 9.76. The van der Waals surface area contributed by atoms with Gasteiger partial charge in [0.2, 0.25) is 11.7 Å². The number of H-pyrrole nitrogens is 1. The number of hydrogen-bond acceptors (Lipinski definition) is 7. The van der Waals surface area contributed by atoms with E-state index in [0.29, 0.717) is 19.0 Å². The fourth-order valence-electron chi connectivity index (χ4n) is 6.15. The summed E-state index contributed by atoms with van der Waals surface area (Å²) in [4.78, 5) is 13.5. The molecule has 214 valence electrons. The van der Waals surface area contributed by atoms with Gasteiger partial charge >= 0.3 is 0 Å². The van der Waals surface area contributed by atoms with Crippen molar-refractivity contribution in [3.8, 4) is 22.9 Å². The molecule has 0 saturated heterocycles. The Labute approximate surface area is 241 Å². The van der Waals surface area contributed by atoms with E-state index in [2.05, 4.69) is 44.9 Å². The van der Waals surface area contributed by atoms with Crippen LogP contribution >= 0.6 is 0 Å². The van der Waals surface area contributed by atoms with Crippen LogP contribution < -0.4 is 9.47 Å². The number of rotatable bonds is 10. The van der Waals surface area contributed by atoms with Crippen LogP contribution in [0.5, 0.6) is 11.5 Å². The molecule has 2 heterocycles. The number of hydrazone groups is 1. The lowest BCUT2D eigenvalue weighted by Crippen LogP contribution is -2.49. The predicted molar refractivity (Wildman–Crippen MR) is 157 cm³/mol. The minimum Gasteiger partial charge on any atom is -0.494 e. The number of ether oxygens (including phenoxy) is 2. The number of aromatic nitrogens is 4. The van der Waals surface area contributed by atoms with E-state index < -0.39 is 0 Å². The highest BCUT2D eigenvalue weighted by Crippen LogP contribution is 2.37. The Hall–Kier alpha value is -4.01. The second-order valence-electron chi connectivity index (χ2n) is 11.2. The molecule has 3 aromatic rings. The van der Waals surface area contributed by atoms with Crippen LogP contribution in [0.2, 0.25) is 0 Å². The Morgan fingerprint density at radius 3 is 2.29 bits per heavy atom. The fraction of sp³-hybridized carbons (Fsp3) is 0.469. The molecule has 1 aliphatic heterocycles. The van der Waals surface area contributed by atoms with Crippen molar-refractivity contribution in [2.45, 2.75) is 70.3 Å². The summed E-state index contributed by atoms with van der Waals surface area (Å²) in [6, 6.07) is 16.1. The van der Waals surface area contributed by atoms with Gasteiger partial charge in [-0.25, -0.2) is 5.01 Å². The number of benzene rings is 2. The highest BCUT2D eigenvalue weighted by molar-refractivity contribution is 6.07. The largest absolute Gasteiger partial charge is 0.494 e. The predicted octanol–water partition coefficient (Wildman–Crippen LogP) is 5.96. The van der Waals surface area contributed by atoms with Crippen LogP contribution in [0.3, 0.4) is 0 Å². The van der Waals surface area contributed by atoms with E-state index in [0.717, 1.165) is 66.9 Å². The molecule has 6 rings (SSSR count). The summed E-state index contributed by atoms with van der Waals surface area (Å²) >= 11 is 0. The summed E-state index contributed by atoms with van der Waals surface area (Å²) in [5, 5.41) is 21.0. The second kappa shape index (κ2) is 13.1. The minimum absolute atomic E-state index is 0.0180. The number of carbonyl (C=O) groups excluding carboxylic acids is 1. The number of allylic oxidation sites excluding steroid dienone is 2. The molecule has 41 heavy (non-hydrogen) atoms. The van der Waals surface area contributed by atoms with E-state index in [-0.39, 0.29) is 23.8 Å². The van der Waals surface area contributed by atoms with E-state index in [1.165, 1.54) is 25.7 Å². The molecule has 1 saturated carbocycles. The van der Waals surface area contributed by atoms with E-state index >= 15 is 0 Å². The zero-order valence-electron chi connectivity index (χ0n) is 23.5. The van der Waals surface area contributed by atoms with Crippen molar-refractivity contribution in [3.05, 3.63) is 66.2 Å². The zero-order valence-corrected chi connectivity index (χ0v) is 23.5. The zero-order chi connectivity index (χ0) is 27.9. The lowest BCUT2D eigenvalue weighted by Gasteiger charge is -2.40. The van der Waals surface area contributed by atoms with Crippen LogP contribution in [0.4, 0.5) is 0 Å². The summed E-state index contributed by atoms with van der Waals surface area (Å²) in [5.74, 6) is 2.54. The van der Waals surface area contributed by atoms with Crippen molar-refractivity contribution < 1.29 is 14.3 Å². The monoisotopic (exact) mass is 554 g/mol. The number of amides is 1. The van der Waals surface area contributed by atoms with Crippen LogP contribution in [0.25, 0.3) is 11.4 Å². The SMILES string of the molecule is O=C1[C@@H]2CC=CC[C@@H]2C(c2cccc(OCCCCOc3ccc(-c4nn[nH]n4)cc3)c2)=NN1C1CCCCCC1. The molecule has 0 unspecified atom stereocenters. The number of aromatic amines is 1. The van der Waals surface area contributed by atoms with Gasteiger partial charge in [0.15, 0.2) is 0 Å². The Morgan fingerprint density at radius 1 is 0.829 bits per heavy atom. The van der Waals surface area contributed by atoms with Crippen molar-refractivity contribution in [3.63, 3.8) is 0 Å². The average Bonchev–Trinajstić information content (AvgIpc) is 3.43. The third-order valence-electron chi connectivity index (χ3n) is 8.38. The molecule has 3 aliphatic rings. The highest BCUT2D eigenvalue weighted by Gasteiger charge is 2.42. The Kier molecular flexibility index (Phi) is 8.68. The molecule has 0 bridgehead atoms. The number of unbranched alkanes of at least 4 members (excludes halogenated alkanes) is 1. The summed E-state index contributed by atoms with van der Waals surface area (Å²) < 4.78 is 12.0. The molecule has 1 amide bonds. The first-order valence-corrected chi connectivity index (χ1v) is 15.0. The summed E-state index contributed by atoms with van der Waals surface area (Å²) in [6.07, 6.45) is 14.8. The van der Waals surface area contributed by atoms with Crippen LogP contribution in [0.1, 0.15) is 69.8 Å². The molecule has 1 N–H and O–H groups in total. The number of hydrogen-bond donors (Lipinski definition) is 1. The summed E-state index contributed by atoms with van der Waals surface area (Å²) in [6.45, 7) is 1.22. The molecule has 1 fully saturated rings. The van der Waals surface area contributed by atoms with Gasteiger partial charge in [0.1, 0.15) is 11.5 Å².